The summed E-state index contributed by atoms with van der Waals surface area (Å²) in [5.41, 5.74) is 2.93. The zero-order valence-electron chi connectivity index (χ0n) is 23.4. The summed E-state index contributed by atoms with van der Waals surface area (Å²) < 4.78 is 5.86. The number of likely N-dealkylation sites (tertiary alicyclic amines) is 1. The molecule has 0 unspecified atom stereocenters. The first-order valence-electron chi connectivity index (χ1n) is 15.0. The number of unbranched alkanes of at least 4 members (excludes halogenated alkanes) is 2. The van der Waals surface area contributed by atoms with Crippen molar-refractivity contribution >= 4 is 23.4 Å². The van der Waals surface area contributed by atoms with Crippen molar-refractivity contribution in [2.45, 2.75) is 76.3 Å². The molecule has 0 radical (unpaired) electrons. The average molecular weight is 547 g/mol. The molecule has 3 aliphatic heterocycles. The second-order valence-electron chi connectivity index (χ2n) is 11.2. The molecule has 3 aliphatic rings. The molecule has 5 rings (SSSR count). The lowest BCUT2D eigenvalue weighted by Crippen LogP contribution is -2.50. The third-order valence-corrected chi connectivity index (χ3v) is 8.37. The molecule has 0 aromatic heterocycles. The van der Waals surface area contributed by atoms with Crippen LogP contribution < -0.4 is 20.3 Å². The van der Waals surface area contributed by atoms with Crippen LogP contribution >= 0.6 is 0 Å². The molecule has 214 valence electrons. The van der Waals surface area contributed by atoms with Crippen LogP contribution in [0.2, 0.25) is 0 Å². The number of fused-ring (bicyclic) bond motifs is 1. The molecule has 2 aromatic rings. The lowest BCUT2D eigenvalue weighted by Gasteiger charge is -2.41. The normalized spacial score (nSPS) is 18.4. The fourth-order valence-corrected chi connectivity index (χ4v) is 6.08. The minimum absolute atomic E-state index is 0.0261. The van der Waals surface area contributed by atoms with Crippen LogP contribution in [-0.4, -0.2) is 67.5 Å². The number of carbonyl (C=O) groups is 3. The zero-order chi connectivity index (χ0) is 27.7. The number of hydrogen-bond acceptors (Lipinski definition) is 5. The van der Waals surface area contributed by atoms with E-state index < -0.39 is 0 Å². The van der Waals surface area contributed by atoms with E-state index in [2.05, 4.69) is 16.7 Å². The van der Waals surface area contributed by atoms with Crippen molar-refractivity contribution in [3.63, 3.8) is 0 Å². The quantitative estimate of drug-likeness (QED) is 0.439. The van der Waals surface area contributed by atoms with Crippen LogP contribution in [0.1, 0.15) is 73.7 Å². The number of nitrogens with one attached hydrogen (secondary N) is 2. The molecule has 0 aliphatic carbocycles. The van der Waals surface area contributed by atoms with E-state index in [-0.39, 0.29) is 23.8 Å². The van der Waals surface area contributed by atoms with E-state index in [4.69, 9.17) is 4.74 Å². The van der Waals surface area contributed by atoms with Gasteiger partial charge in [0.1, 0.15) is 5.75 Å². The molecular weight excluding hydrogens is 504 g/mol. The number of piperidine rings is 2. The summed E-state index contributed by atoms with van der Waals surface area (Å²) in [6, 6.07) is 16.0. The first-order chi connectivity index (χ1) is 19.6. The van der Waals surface area contributed by atoms with E-state index in [1.165, 1.54) is 5.56 Å². The van der Waals surface area contributed by atoms with Gasteiger partial charge in [-0.05, 0) is 100 Å². The van der Waals surface area contributed by atoms with Gasteiger partial charge in [0.05, 0.1) is 6.61 Å². The van der Waals surface area contributed by atoms with Crippen LogP contribution in [-0.2, 0) is 16.0 Å². The van der Waals surface area contributed by atoms with Crippen LogP contribution in [0, 0.1) is 0 Å². The fourth-order valence-electron chi connectivity index (χ4n) is 6.08. The summed E-state index contributed by atoms with van der Waals surface area (Å²) in [6.07, 6.45) is 8.22. The number of ether oxygens (including phenoxy) is 1. The third-order valence-electron chi connectivity index (χ3n) is 8.37. The Hall–Kier alpha value is -3.39. The Labute approximate surface area is 237 Å². The minimum atomic E-state index is 0.0261. The molecular formula is C32H42N4O4. The Balaban J connectivity index is 1.00. The van der Waals surface area contributed by atoms with E-state index in [9.17, 15) is 14.4 Å². The Kier molecular flexibility index (Phi) is 9.71. The van der Waals surface area contributed by atoms with Gasteiger partial charge in [0.15, 0.2) is 0 Å². The molecule has 3 amide bonds. The first kappa shape index (κ1) is 28.1. The van der Waals surface area contributed by atoms with Crippen molar-refractivity contribution in [3.8, 4) is 5.75 Å². The molecule has 0 bridgehead atoms. The zero-order valence-corrected chi connectivity index (χ0v) is 23.4. The van der Waals surface area contributed by atoms with E-state index in [0.29, 0.717) is 44.1 Å². The van der Waals surface area contributed by atoms with Crippen molar-refractivity contribution in [3.05, 3.63) is 59.7 Å². The van der Waals surface area contributed by atoms with Gasteiger partial charge in [-0.15, -0.1) is 0 Å². The summed E-state index contributed by atoms with van der Waals surface area (Å²) in [5.74, 6) is 1.12. The van der Waals surface area contributed by atoms with Gasteiger partial charge in [-0.2, -0.15) is 0 Å². The van der Waals surface area contributed by atoms with Crippen LogP contribution in [0.5, 0.6) is 5.75 Å². The van der Waals surface area contributed by atoms with Gasteiger partial charge in [-0.3, -0.25) is 14.4 Å². The summed E-state index contributed by atoms with van der Waals surface area (Å²) in [5, 5.41) is 6.45. The van der Waals surface area contributed by atoms with Gasteiger partial charge < -0.3 is 25.2 Å². The van der Waals surface area contributed by atoms with Gasteiger partial charge >= 0.3 is 0 Å². The van der Waals surface area contributed by atoms with Crippen LogP contribution in [0.15, 0.2) is 48.5 Å². The molecule has 0 atom stereocenters. The number of benzene rings is 2. The highest BCUT2D eigenvalue weighted by Crippen LogP contribution is 2.32. The molecule has 8 heteroatoms. The molecule has 2 saturated heterocycles. The number of anilines is 1. The lowest BCUT2D eigenvalue weighted by atomic mass is 9.95. The van der Waals surface area contributed by atoms with Gasteiger partial charge in [0, 0.05) is 49.3 Å². The minimum Gasteiger partial charge on any atom is -0.494 e. The first-order valence-corrected chi connectivity index (χ1v) is 15.0. The second-order valence-corrected chi connectivity index (χ2v) is 11.2. The molecule has 0 saturated carbocycles. The standard InChI is InChI=1S/C32H42N4O4/c37-30(34-26-15-19-33-20-16-26)8-2-1-5-23-40-28-12-9-25(10-13-28)32(39)35-21-17-27(18-22-35)36-29-7-4-3-6-24(29)11-14-31(36)38/h3-4,6-7,9-10,12-13,26-27,33H,1-2,5,8,11,14-23H2,(H,34,37). The Morgan fingerprint density at radius 1 is 0.900 bits per heavy atom. The van der Waals surface area contributed by atoms with Crippen molar-refractivity contribution < 1.29 is 19.1 Å². The van der Waals surface area contributed by atoms with Crippen molar-refractivity contribution in [2.75, 3.05) is 37.7 Å². The van der Waals surface area contributed by atoms with Crippen LogP contribution in [0.25, 0.3) is 0 Å². The Bertz CT molecular complexity index is 1150. The van der Waals surface area contributed by atoms with Crippen molar-refractivity contribution in [2.24, 2.45) is 0 Å². The highest BCUT2D eigenvalue weighted by atomic mass is 16.5. The number of hydrogen-bond donors (Lipinski definition) is 2. The molecule has 40 heavy (non-hydrogen) atoms. The predicted octanol–water partition coefficient (Wildman–Crippen LogP) is 4.08. The maximum absolute atomic E-state index is 13.1. The molecule has 2 aromatic carbocycles. The summed E-state index contributed by atoms with van der Waals surface area (Å²) in [7, 11) is 0. The predicted molar refractivity (Wildman–Crippen MR) is 156 cm³/mol. The van der Waals surface area contributed by atoms with Crippen LogP contribution in [0.4, 0.5) is 5.69 Å². The van der Waals surface area contributed by atoms with E-state index in [0.717, 1.165) is 75.9 Å². The number of carbonyl (C=O) groups excluding carboxylic acids is 3. The highest BCUT2D eigenvalue weighted by molar-refractivity contribution is 5.97. The van der Waals surface area contributed by atoms with Crippen molar-refractivity contribution in [1.82, 2.24) is 15.5 Å². The third kappa shape index (κ3) is 7.22. The smallest absolute Gasteiger partial charge is 0.253 e. The summed E-state index contributed by atoms with van der Waals surface area (Å²) >= 11 is 0. The fraction of sp³-hybridized carbons (Fsp3) is 0.531. The van der Waals surface area contributed by atoms with Crippen LogP contribution in [0.3, 0.4) is 0 Å². The topological polar surface area (TPSA) is 91.0 Å². The van der Waals surface area contributed by atoms with Crippen molar-refractivity contribution in [1.29, 1.82) is 0 Å². The Morgan fingerprint density at radius 2 is 1.65 bits per heavy atom. The van der Waals surface area contributed by atoms with E-state index in [1.807, 2.05) is 52.3 Å². The molecule has 2 fully saturated rings. The number of nitrogens with zero attached hydrogens (tertiary/aromatic N) is 2. The average Bonchev–Trinajstić information content (AvgIpc) is 2.99. The maximum atomic E-state index is 13.1. The van der Waals surface area contributed by atoms with E-state index in [1.54, 1.807) is 0 Å². The number of rotatable bonds is 10. The molecule has 0 spiro atoms. The van der Waals surface area contributed by atoms with Gasteiger partial charge in [0.25, 0.3) is 5.91 Å². The molecule has 8 nitrogen and oxygen atoms in total. The lowest BCUT2D eigenvalue weighted by molar-refractivity contribution is -0.122. The Morgan fingerprint density at radius 3 is 2.42 bits per heavy atom. The largest absolute Gasteiger partial charge is 0.494 e. The number of para-hydroxylation sites is 1. The number of aryl methyl sites for hydroxylation is 1. The molecule has 2 N–H and O–H groups in total. The van der Waals surface area contributed by atoms with Gasteiger partial charge in [0.2, 0.25) is 11.8 Å². The van der Waals surface area contributed by atoms with Gasteiger partial charge in [-0.25, -0.2) is 0 Å². The number of amides is 3. The summed E-state index contributed by atoms with van der Waals surface area (Å²) in [6.45, 7) is 3.84. The second kappa shape index (κ2) is 13.8. The highest BCUT2D eigenvalue weighted by Gasteiger charge is 2.33. The SMILES string of the molecule is O=C(CCCCCOc1ccc(C(=O)N2CCC(N3C(=O)CCc4ccccc43)CC2)cc1)NC1CCNCC1. The molecule has 3 heterocycles. The maximum Gasteiger partial charge on any atom is 0.253 e. The van der Waals surface area contributed by atoms with Gasteiger partial charge in [-0.1, -0.05) is 18.2 Å². The van der Waals surface area contributed by atoms with E-state index >= 15 is 0 Å². The summed E-state index contributed by atoms with van der Waals surface area (Å²) in [4.78, 5) is 41.9. The monoisotopic (exact) mass is 546 g/mol.